The lowest BCUT2D eigenvalue weighted by Gasteiger charge is -2.26. The van der Waals surface area contributed by atoms with Gasteiger partial charge in [-0.25, -0.2) is 4.98 Å². The Morgan fingerprint density at radius 1 is 1.37 bits per heavy atom. The van der Waals surface area contributed by atoms with Gasteiger partial charge in [-0.2, -0.15) is 0 Å². The van der Waals surface area contributed by atoms with Crippen LogP contribution in [-0.4, -0.2) is 52.3 Å². The van der Waals surface area contributed by atoms with Gasteiger partial charge in [0, 0.05) is 32.4 Å². The summed E-state index contributed by atoms with van der Waals surface area (Å²) in [6.45, 7) is 7.56. The lowest BCUT2D eigenvalue weighted by Crippen LogP contribution is -2.38. The maximum atomic E-state index is 5.39. The van der Waals surface area contributed by atoms with E-state index in [1.807, 2.05) is 13.1 Å². The Bertz CT molecular complexity index is 627. The molecule has 6 heteroatoms. The molecule has 0 amide bonds. The number of aromatic nitrogens is 3. The van der Waals surface area contributed by atoms with Gasteiger partial charge in [-0.15, -0.1) is 0 Å². The summed E-state index contributed by atoms with van der Waals surface area (Å²) in [4.78, 5) is 10.1. The van der Waals surface area contributed by atoms with E-state index in [-0.39, 0.29) is 0 Å². The number of imidazole rings is 1. The molecule has 0 aliphatic carbocycles. The second-order valence-electron chi connectivity index (χ2n) is 4.92. The molecule has 0 aromatic carbocycles. The summed E-state index contributed by atoms with van der Waals surface area (Å²) < 4.78 is 8.19. The van der Waals surface area contributed by atoms with E-state index in [2.05, 4.69) is 25.5 Å². The number of pyridine rings is 1. The fourth-order valence-electron chi connectivity index (χ4n) is 2.42. The topological polar surface area (TPSA) is 46.1 Å². The molecule has 3 heterocycles. The Morgan fingerprint density at radius 2 is 2.16 bits per heavy atom. The Labute approximate surface area is 117 Å². The molecule has 1 N–H and O–H groups in total. The Kier molecular flexibility index (Phi) is 3.63. The number of fused-ring (bicyclic) bond motifs is 1. The summed E-state index contributed by atoms with van der Waals surface area (Å²) >= 11 is 5.39. The van der Waals surface area contributed by atoms with E-state index in [0.29, 0.717) is 0 Å². The molecule has 0 spiro atoms. The maximum Gasteiger partial charge on any atom is 0.179 e. The van der Waals surface area contributed by atoms with E-state index in [1.54, 1.807) is 0 Å². The van der Waals surface area contributed by atoms with Crippen LogP contribution in [0.15, 0.2) is 12.3 Å². The van der Waals surface area contributed by atoms with Crippen molar-refractivity contribution in [2.24, 2.45) is 0 Å². The van der Waals surface area contributed by atoms with Gasteiger partial charge in [0.1, 0.15) is 0 Å². The van der Waals surface area contributed by atoms with Gasteiger partial charge in [-0.05, 0) is 30.8 Å². The first-order valence-corrected chi connectivity index (χ1v) is 7.00. The van der Waals surface area contributed by atoms with Crippen LogP contribution >= 0.6 is 12.2 Å². The number of nitrogens with one attached hydrogen (secondary N) is 1. The summed E-state index contributed by atoms with van der Waals surface area (Å²) in [5.74, 6) is 0. The zero-order valence-electron chi connectivity index (χ0n) is 11.1. The van der Waals surface area contributed by atoms with Crippen LogP contribution in [0.25, 0.3) is 11.2 Å². The van der Waals surface area contributed by atoms with Crippen molar-refractivity contribution in [2.75, 3.05) is 32.8 Å². The van der Waals surface area contributed by atoms with Crippen LogP contribution in [0.5, 0.6) is 0 Å². The van der Waals surface area contributed by atoms with Gasteiger partial charge in [0.2, 0.25) is 0 Å². The molecule has 1 saturated heterocycles. The monoisotopic (exact) mass is 278 g/mol. The van der Waals surface area contributed by atoms with Crippen molar-refractivity contribution in [3.63, 3.8) is 0 Å². The van der Waals surface area contributed by atoms with Crippen molar-refractivity contribution >= 4 is 23.4 Å². The maximum absolute atomic E-state index is 5.39. The van der Waals surface area contributed by atoms with Crippen LogP contribution < -0.4 is 0 Å². The van der Waals surface area contributed by atoms with Gasteiger partial charge in [0.25, 0.3) is 0 Å². The Balaban J connectivity index is 1.80. The fourth-order valence-corrected chi connectivity index (χ4v) is 2.71. The summed E-state index contributed by atoms with van der Waals surface area (Å²) in [6.07, 6.45) is 1.89. The molecule has 1 aliphatic rings. The van der Waals surface area contributed by atoms with E-state index >= 15 is 0 Å². The average Bonchev–Trinajstić information content (AvgIpc) is 2.72. The number of ether oxygens (including phenoxy) is 1. The van der Waals surface area contributed by atoms with Gasteiger partial charge in [-0.1, -0.05) is 0 Å². The third kappa shape index (κ3) is 2.70. The molecule has 0 bridgehead atoms. The molecule has 0 radical (unpaired) electrons. The molecule has 0 saturated carbocycles. The number of hydrogen-bond acceptors (Lipinski definition) is 4. The molecule has 19 heavy (non-hydrogen) atoms. The largest absolute Gasteiger partial charge is 0.379 e. The van der Waals surface area contributed by atoms with E-state index in [1.165, 1.54) is 0 Å². The van der Waals surface area contributed by atoms with E-state index in [9.17, 15) is 0 Å². The summed E-state index contributed by atoms with van der Waals surface area (Å²) in [6, 6.07) is 2.09. The fraction of sp³-hybridized carbons (Fsp3) is 0.538. The smallest absolute Gasteiger partial charge is 0.179 e. The first-order valence-electron chi connectivity index (χ1n) is 6.59. The SMILES string of the molecule is Cc1cnc2c(c1)[nH]c(=S)n2CCN1CCOCC1. The number of aromatic amines is 1. The number of aryl methyl sites for hydroxylation is 1. The molecule has 102 valence electrons. The van der Waals surface area contributed by atoms with Gasteiger partial charge < -0.3 is 14.3 Å². The molecule has 2 aromatic rings. The molecular formula is C13H18N4OS. The number of morpholine rings is 1. The Hall–Kier alpha value is -1.24. The lowest BCUT2D eigenvalue weighted by atomic mass is 10.3. The molecular weight excluding hydrogens is 260 g/mol. The summed E-state index contributed by atoms with van der Waals surface area (Å²) in [5, 5.41) is 0. The molecule has 0 atom stereocenters. The predicted octanol–water partition coefficient (Wildman–Crippen LogP) is 1.73. The number of rotatable bonds is 3. The van der Waals surface area contributed by atoms with Crippen molar-refractivity contribution in [1.29, 1.82) is 0 Å². The van der Waals surface area contributed by atoms with E-state index < -0.39 is 0 Å². The van der Waals surface area contributed by atoms with Crippen molar-refractivity contribution in [3.8, 4) is 0 Å². The first kappa shape index (κ1) is 12.8. The van der Waals surface area contributed by atoms with Gasteiger partial charge in [0.15, 0.2) is 10.4 Å². The second-order valence-corrected chi connectivity index (χ2v) is 5.31. The van der Waals surface area contributed by atoms with Crippen LogP contribution in [0.3, 0.4) is 0 Å². The predicted molar refractivity (Wildman–Crippen MR) is 76.9 cm³/mol. The molecule has 0 unspecified atom stereocenters. The van der Waals surface area contributed by atoms with Crippen LogP contribution in [-0.2, 0) is 11.3 Å². The second kappa shape index (κ2) is 5.40. The van der Waals surface area contributed by atoms with Gasteiger partial charge >= 0.3 is 0 Å². The molecule has 5 nitrogen and oxygen atoms in total. The molecule has 3 rings (SSSR count). The number of H-pyrrole nitrogens is 1. The van der Waals surface area contributed by atoms with Crippen LogP contribution in [0.2, 0.25) is 0 Å². The quantitative estimate of drug-likeness (QED) is 0.869. The summed E-state index contributed by atoms with van der Waals surface area (Å²) in [7, 11) is 0. The highest BCUT2D eigenvalue weighted by Gasteiger charge is 2.12. The van der Waals surface area contributed by atoms with E-state index in [0.717, 1.165) is 60.9 Å². The zero-order chi connectivity index (χ0) is 13.2. The highest BCUT2D eigenvalue weighted by atomic mass is 32.1. The minimum Gasteiger partial charge on any atom is -0.379 e. The number of hydrogen-bond donors (Lipinski definition) is 1. The van der Waals surface area contributed by atoms with Crippen LogP contribution in [0.4, 0.5) is 0 Å². The third-order valence-electron chi connectivity index (χ3n) is 3.49. The van der Waals surface area contributed by atoms with Crippen molar-refractivity contribution in [2.45, 2.75) is 13.5 Å². The van der Waals surface area contributed by atoms with Gasteiger partial charge in [0.05, 0.1) is 18.7 Å². The molecule has 1 fully saturated rings. The van der Waals surface area contributed by atoms with Gasteiger partial charge in [-0.3, -0.25) is 4.90 Å². The average molecular weight is 278 g/mol. The highest BCUT2D eigenvalue weighted by Crippen LogP contribution is 2.13. The third-order valence-corrected chi connectivity index (χ3v) is 3.81. The van der Waals surface area contributed by atoms with Crippen LogP contribution in [0.1, 0.15) is 5.56 Å². The standard InChI is InChI=1S/C13H18N4OS/c1-10-8-11-12(14-9-10)17(13(19)15-11)3-2-16-4-6-18-7-5-16/h8-9H,2-7H2,1H3,(H,15,19). The normalized spacial score (nSPS) is 17.1. The van der Waals surface area contributed by atoms with Crippen LogP contribution in [0, 0.1) is 11.7 Å². The van der Waals surface area contributed by atoms with Crippen molar-refractivity contribution < 1.29 is 4.74 Å². The first-order chi connectivity index (χ1) is 9.24. The lowest BCUT2D eigenvalue weighted by molar-refractivity contribution is 0.0364. The molecule has 2 aromatic heterocycles. The number of nitrogens with zero attached hydrogens (tertiary/aromatic N) is 3. The summed E-state index contributed by atoms with van der Waals surface area (Å²) in [5.41, 5.74) is 3.11. The Morgan fingerprint density at radius 3 is 2.95 bits per heavy atom. The zero-order valence-corrected chi connectivity index (χ0v) is 11.9. The van der Waals surface area contributed by atoms with E-state index in [4.69, 9.17) is 17.0 Å². The van der Waals surface area contributed by atoms with Crippen molar-refractivity contribution in [1.82, 2.24) is 19.4 Å². The minimum atomic E-state index is 0.751. The molecule has 1 aliphatic heterocycles. The minimum absolute atomic E-state index is 0.751. The highest BCUT2D eigenvalue weighted by molar-refractivity contribution is 7.71. The van der Waals surface area contributed by atoms with Crippen molar-refractivity contribution in [3.05, 3.63) is 22.6 Å².